The van der Waals surface area contributed by atoms with E-state index in [1.807, 2.05) is 95.5 Å². The van der Waals surface area contributed by atoms with E-state index < -0.39 is 0 Å². The summed E-state index contributed by atoms with van der Waals surface area (Å²) in [6.45, 7) is 0. The topological polar surface area (TPSA) is 38.8 Å². The summed E-state index contributed by atoms with van der Waals surface area (Å²) in [7, 11) is 0. The number of imidazole rings is 1. The lowest BCUT2D eigenvalue weighted by Crippen LogP contribution is -2.13. The third-order valence-corrected chi connectivity index (χ3v) is 6.45. The molecule has 6 aromatic rings. The van der Waals surface area contributed by atoms with Crippen LogP contribution in [0.1, 0.15) is 16.1 Å². The van der Waals surface area contributed by atoms with Gasteiger partial charge in [-0.15, -0.1) is 0 Å². The molecule has 0 spiro atoms. The van der Waals surface area contributed by atoms with Crippen molar-refractivity contribution in [3.05, 3.63) is 112 Å². The minimum atomic E-state index is -0.0664. The molecular formula is C26H15BrClN3O. The molecule has 154 valence electrons. The van der Waals surface area contributed by atoms with Crippen LogP contribution in [-0.2, 0) is 0 Å². The lowest BCUT2D eigenvalue weighted by molar-refractivity contribution is 0.103. The van der Waals surface area contributed by atoms with Crippen LogP contribution in [-0.4, -0.2) is 19.6 Å². The number of aromatic nitrogens is 3. The summed E-state index contributed by atoms with van der Waals surface area (Å²) in [6, 6.07) is 26.9. The lowest BCUT2D eigenvalue weighted by Gasteiger charge is -2.16. The van der Waals surface area contributed by atoms with E-state index in [0.29, 0.717) is 16.3 Å². The van der Waals surface area contributed by atoms with Crippen LogP contribution in [0.5, 0.6) is 0 Å². The van der Waals surface area contributed by atoms with E-state index in [0.717, 1.165) is 37.9 Å². The molecule has 6 heteroatoms. The molecule has 0 saturated carbocycles. The number of halogens is 2. The van der Waals surface area contributed by atoms with E-state index in [-0.39, 0.29) is 5.78 Å². The Balaban J connectivity index is 1.81. The van der Waals surface area contributed by atoms with E-state index in [1.165, 1.54) is 0 Å². The first kappa shape index (κ1) is 19.3. The summed E-state index contributed by atoms with van der Waals surface area (Å²) in [6.07, 6.45) is 1.92. The molecule has 0 aliphatic carbocycles. The molecule has 3 heterocycles. The highest BCUT2D eigenvalue weighted by Gasteiger charge is 2.24. The van der Waals surface area contributed by atoms with Gasteiger partial charge in [-0.3, -0.25) is 9.20 Å². The van der Waals surface area contributed by atoms with Crippen molar-refractivity contribution >= 4 is 55.5 Å². The molecule has 3 aromatic heterocycles. The molecule has 0 aliphatic rings. The summed E-state index contributed by atoms with van der Waals surface area (Å²) >= 11 is 9.64. The number of hydrogen-bond acceptors (Lipinski definition) is 2. The summed E-state index contributed by atoms with van der Waals surface area (Å²) in [4.78, 5) is 18.8. The van der Waals surface area contributed by atoms with Crippen LogP contribution in [0, 0.1) is 0 Å². The van der Waals surface area contributed by atoms with Gasteiger partial charge in [0.25, 0.3) is 0 Å². The summed E-state index contributed by atoms with van der Waals surface area (Å²) < 4.78 is 4.95. The first-order valence-corrected chi connectivity index (χ1v) is 11.3. The van der Waals surface area contributed by atoms with Crippen LogP contribution >= 0.6 is 27.5 Å². The highest BCUT2D eigenvalue weighted by atomic mass is 79.9. The maximum absolute atomic E-state index is 13.9. The number of fused-ring (bicyclic) bond motifs is 5. The number of rotatable bonds is 3. The van der Waals surface area contributed by atoms with Gasteiger partial charge in [0.05, 0.1) is 22.2 Å². The Morgan fingerprint density at radius 3 is 2.34 bits per heavy atom. The number of benzene rings is 3. The molecule has 0 unspecified atom stereocenters. The van der Waals surface area contributed by atoms with E-state index in [2.05, 4.69) is 20.3 Å². The Bertz CT molecular complexity index is 1650. The average Bonchev–Trinajstić information content (AvgIpc) is 3.44. The van der Waals surface area contributed by atoms with Crippen LogP contribution in [0.15, 0.2) is 95.6 Å². The standard InChI is InChI=1S/C26H15BrClN3O/c27-18-11-7-17(8-12-18)25(32)24-23(16-9-13-19(28)14-10-16)31-21-5-2-1-4-20(21)29-26(31)22-6-3-15-30(22)24/h1-15H. The van der Waals surface area contributed by atoms with Crippen LogP contribution in [0.4, 0.5) is 0 Å². The number of hydrogen-bond donors (Lipinski definition) is 0. The van der Waals surface area contributed by atoms with Gasteiger partial charge in [-0.2, -0.15) is 0 Å². The molecule has 6 rings (SSSR count). The van der Waals surface area contributed by atoms with Gasteiger partial charge in [0, 0.05) is 26.8 Å². The highest BCUT2D eigenvalue weighted by molar-refractivity contribution is 9.10. The van der Waals surface area contributed by atoms with Crippen LogP contribution in [0.25, 0.3) is 33.5 Å². The molecule has 0 saturated heterocycles. The van der Waals surface area contributed by atoms with E-state index in [4.69, 9.17) is 16.6 Å². The molecule has 32 heavy (non-hydrogen) atoms. The number of carbonyl (C=O) groups excluding carboxylic acids is 1. The SMILES string of the molecule is O=C(c1ccc(Br)cc1)c1c(-c2ccc(Cl)cc2)n2c3ccccc3nc2c2cccn12. The van der Waals surface area contributed by atoms with Crippen molar-refractivity contribution in [1.29, 1.82) is 0 Å². The van der Waals surface area contributed by atoms with Crippen molar-refractivity contribution in [1.82, 2.24) is 13.8 Å². The Labute approximate surface area is 196 Å². The van der Waals surface area contributed by atoms with Gasteiger partial charge in [0.2, 0.25) is 5.78 Å². The maximum atomic E-state index is 13.9. The molecule has 0 radical (unpaired) electrons. The van der Waals surface area contributed by atoms with Crippen molar-refractivity contribution in [2.24, 2.45) is 0 Å². The fourth-order valence-electron chi connectivity index (χ4n) is 4.23. The number of carbonyl (C=O) groups is 1. The predicted octanol–water partition coefficient (Wildman–Crippen LogP) is 7.05. The van der Waals surface area contributed by atoms with E-state index in [1.54, 1.807) is 0 Å². The van der Waals surface area contributed by atoms with Gasteiger partial charge in [-0.1, -0.05) is 51.8 Å². The van der Waals surface area contributed by atoms with Crippen molar-refractivity contribution in [2.45, 2.75) is 0 Å². The molecule has 0 bridgehead atoms. The normalized spacial score (nSPS) is 11.6. The van der Waals surface area contributed by atoms with Gasteiger partial charge in [0.1, 0.15) is 5.69 Å². The molecular weight excluding hydrogens is 486 g/mol. The molecule has 0 fully saturated rings. The summed E-state index contributed by atoms with van der Waals surface area (Å²) in [5.41, 5.74) is 6.35. The van der Waals surface area contributed by atoms with Gasteiger partial charge in [-0.05, 0) is 60.7 Å². The highest BCUT2D eigenvalue weighted by Crippen LogP contribution is 2.34. The summed E-state index contributed by atoms with van der Waals surface area (Å²) in [5, 5.41) is 0.642. The fraction of sp³-hybridized carbons (Fsp3) is 0. The molecule has 3 aromatic carbocycles. The van der Waals surface area contributed by atoms with Crippen LogP contribution in [0.2, 0.25) is 5.02 Å². The summed E-state index contributed by atoms with van der Waals surface area (Å²) in [5.74, 6) is -0.0664. The van der Waals surface area contributed by atoms with Gasteiger partial charge >= 0.3 is 0 Å². The zero-order chi connectivity index (χ0) is 21.8. The Morgan fingerprint density at radius 1 is 0.844 bits per heavy atom. The van der Waals surface area contributed by atoms with E-state index >= 15 is 0 Å². The maximum Gasteiger partial charge on any atom is 0.211 e. The van der Waals surface area contributed by atoms with Crippen LogP contribution in [0.3, 0.4) is 0 Å². The minimum Gasteiger partial charge on any atom is -0.308 e. The first-order chi connectivity index (χ1) is 15.6. The first-order valence-electron chi connectivity index (χ1n) is 10.1. The second-order valence-electron chi connectivity index (χ2n) is 7.56. The largest absolute Gasteiger partial charge is 0.308 e. The molecule has 4 nitrogen and oxygen atoms in total. The monoisotopic (exact) mass is 499 g/mol. The average molecular weight is 501 g/mol. The van der Waals surface area contributed by atoms with Crippen molar-refractivity contribution in [3.8, 4) is 11.3 Å². The zero-order valence-electron chi connectivity index (χ0n) is 16.7. The van der Waals surface area contributed by atoms with Crippen molar-refractivity contribution in [2.75, 3.05) is 0 Å². The predicted molar refractivity (Wildman–Crippen MR) is 132 cm³/mol. The lowest BCUT2D eigenvalue weighted by atomic mass is 10.0. The zero-order valence-corrected chi connectivity index (χ0v) is 19.0. The van der Waals surface area contributed by atoms with Crippen molar-refractivity contribution < 1.29 is 4.79 Å². The van der Waals surface area contributed by atoms with Gasteiger partial charge in [0.15, 0.2) is 5.65 Å². The number of para-hydroxylation sites is 2. The second-order valence-corrected chi connectivity index (χ2v) is 8.92. The Kier molecular flexibility index (Phi) is 4.42. The molecule has 0 amide bonds. The molecule has 0 N–H and O–H groups in total. The molecule has 0 aliphatic heterocycles. The van der Waals surface area contributed by atoms with Crippen molar-refractivity contribution in [3.63, 3.8) is 0 Å². The van der Waals surface area contributed by atoms with Crippen LogP contribution < -0.4 is 0 Å². The smallest absolute Gasteiger partial charge is 0.211 e. The minimum absolute atomic E-state index is 0.0664. The van der Waals surface area contributed by atoms with E-state index in [9.17, 15) is 4.79 Å². The number of ketones is 1. The number of nitrogens with zero attached hydrogens (tertiary/aromatic N) is 3. The second kappa shape index (κ2) is 7.33. The third-order valence-electron chi connectivity index (χ3n) is 5.67. The Morgan fingerprint density at radius 2 is 1.56 bits per heavy atom. The molecule has 0 atom stereocenters. The van der Waals surface area contributed by atoms with Gasteiger partial charge < -0.3 is 4.40 Å². The Hall–Kier alpha value is -3.41. The fourth-order valence-corrected chi connectivity index (χ4v) is 4.62. The quantitative estimate of drug-likeness (QED) is 0.244. The van der Waals surface area contributed by atoms with Gasteiger partial charge in [-0.25, -0.2) is 4.98 Å². The third kappa shape index (κ3) is 2.89.